The van der Waals surface area contributed by atoms with E-state index >= 15 is 0 Å². The summed E-state index contributed by atoms with van der Waals surface area (Å²) in [7, 11) is 0. The molecule has 1 N–H and O–H groups in total. The molecule has 26 heavy (non-hydrogen) atoms. The highest BCUT2D eigenvalue weighted by Crippen LogP contribution is 2.38. The number of hydrogen-bond donors (Lipinski definition) is 1. The molecule has 4 heteroatoms. The van der Waals surface area contributed by atoms with Gasteiger partial charge in [-0.15, -0.1) is 0 Å². The van der Waals surface area contributed by atoms with E-state index in [0.717, 1.165) is 24.9 Å². The number of nitrogens with zero attached hydrogens (tertiary/aromatic N) is 1. The van der Waals surface area contributed by atoms with Crippen molar-refractivity contribution in [1.82, 2.24) is 9.88 Å². The minimum Gasteiger partial charge on any atom is -0.356 e. The Labute approximate surface area is 159 Å². The Hall–Kier alpha value is -2.26. The smallest absolute Gasteiger partial charge is 0.254 e. The summed E-state index contributed by atoms with van der Waals surface area (Å²) in [6, 6.07) is 15.7. The highest BCUT2D eigenvalue weighted by atomic mass is 35.5. The summed E-state index contributed by atoms with van der Waals surface area (Å²) in [5.74, 6) is 0.550. The van der Waals surface area contributed by atoms with Gasteiger partial charge in [0.2, 0.25) is 0 Å². The minimum absolute atomic E-state index is 0.0578. The van der Waals surface area contributed by atoms with Gasteiger partial charge in [0.15, 0.2) is 0 Å². The van der Waals surface area contributed by atoms with Crippen LogP contribution in [0.4, 0.5) is 0 Å². The number of nitrogens with one attached hydrogen (secondary N) is 1. The molecule has 0 aliphatic carbocycles. The van der Waals surface area contributed by atoms with Crippen molar-refractivity contribution in [2.45, 2.75) is 32.7 Å². The Morgan fingerprint density at radius 1 is 1.23 bits per heavy atom. The van der Waals surface area contributed by atoms with Crippen LogP contribution >= 0.6 is 11.6 Å². The number of rotatable bonds is 3. The monoisotopic (exact) mass is 366 g/mol. The van der Waals surface area contributed by atoms with Crippen LogP contribution < -0.4 is 0 Å². The third-order valence-electron chi connectivity index (χ3n) is 5.19. The zero-order valence-electron chi connectivity index (χ0n) is 15.1. The summed E-state index contributed by atoms with van der Waals surface area (Å²) >= 11 is 6.11. The van der Waals surface area contributed by atoms with E-state index in [1.165, 1.54) is 16.6 Å². The molecule has 0 radical (unpaired) electrons. The molecule has 2 aromatic carbocycles. The molecule has 1 unspecified atom stereocenters. The number of H-pyrrole nitrogens is 1. The third-order valence-corrected chi connectivity index (χ3v) is 5.42. The van der Waals surface area contributed by atoms with Crippen LogP contribution in [0.1, 0.15) is 47.9 Å². The molecule has 2 heterocycles. The molecule has 134 valence electrons. The highest BCUT2D eigenvalue weighted by molar-refractivity contribution is 6.30. The summed E-state index contributed by atoms with van der Waals surface area (Å²) in [6.45, 7) is 5.15. The second-order valence-electron chi connectivity index (χ2n) is 7.47. The molecular weight excluding hydrogens is 344 g/mol. The molecule has 1 atom stereocenters. The molecule has 3 aromatic rings. The second kappa shape index (κ2) is 6.81. The quantitative estimate of drug-likeness (QED) is 0.642. The first-order valence-electron chi connectivity index (χ1n) is 9.20. The normalized spacial score (nSPS) is 16.9. The lowest BCUT2D eigenvalue weighted by Gasteiger charge is -2.37. The van der Waals surface area contributed by atoms with Crippen molar-refractivity contribution in [3.05, 3.63) is 70.4 Å². The van der Waals surface area contributed by atoms with Gasteiger partial charge in [0, 0.05) is 33.7 Å². The van der Waals surface area contributed by atoms with Gasteiger partial charge in [-0.05, 0) is 48.6 Å². The predicted molar refractivity (Wildman–Crippen MR) is 107 cm³/mol. The summed E-state index contributed by atoms with van der Waals surface area (Å²) in [6.07, 6.45) is 1.81. The minimum atomic E-state index is 0.0578. The standard InChI is InChI=1S/C22H23ClN2O/c1-14(2)12-20-21-18(17-8-3-4-9-19(17)24-21)10-11-25(20)22(26)15-6-5-7-16(23)13-15/h3-9,13-14,20,24H,10-12H2,1-2H3. The van der Waals surface area contributed by atoms with E-state index in [1.54, 1.807) is 12.1 Å². The molecule has 3 nitrogen and oxygen atoms in total. The fraction of sp³-hybridized carbons (Fsp3) is 0.318. The van der Waals surface area contributed by atoms with Crippen LogP contribution in [-0.4, -0.2) is 22.3 Å². The van der Waals surface area contributed by atoms with Gasteiger partial charge in [-0.25, -0.2) is 0 Å². The van der Waals surface area contributed by atoms with Crippen molar-refractivity contribution in [2.24, 2.45) is 5.92 Å². The van der Waals surface area contributed by atoms with Crippen LogP contribution in [0.3, 0.4) is 0 Å². The van der Waals surface area contributed by atoms with Gasteiger partial charge in [-0.3, -0.25) is 4.79 Å². The molecule has 0 saturated carbocycles. The number of fused-ring (bicyclic) bond motifs is 3. The lowest BCUT2D eigenvalue weighted by molar-refractivity contribution is 0.0632. The molecule has 0 spiro atoms. The van der Waals surface area contributed by atoms with Crippen molar-refractivity contribution >= 4 is 28.4 Å². The Morgan fingerprint density at radius 3 is 2.81 bits per heavy atom. The van der Waals surface area contributed by atoms with Crippen LogP contribution in [-0.2, 0) is 6.42 Å². The zero-order chi connectivity index (χ0) is 18.3. The van der Waals surface area contributed by atoms with E-state index in [1.807, 2.05) is 17.0 Å². The number of hydrogen-bond acceptors (Lipinski definition) is 1. The number of para-hydroxylation sites is 1. The third kappa shape index (κ3) is 3.01. The van der Waals surface area contributed by atoms with Crippen molar-refractivity contribution in [1.29, 1.82) is 0 Å². The molecule has 1 aliphatic rings. The average molecular weight is 367 g/mol. The topological polar surface area (TPSA) is 36.1 Å². The Bertz CT molecular complexity index is 960. The summed E-state index contributed by atoms with van der Waals surface area (Å²) in [4.78, 5) is 18.8. The van der Waals surface area contributed by atoms with Crippen molar-refractivity contribution in [2.75, 3.05) is 6.54 Å². The lowest BCUT2D eigenvalue weighted by Crippen LogP contribution is -2.40. The lowest BCUT2D eigenvalue weighted by atomic mass is 9.91. The summed E-state index contributed by atoms with van der Waals surface area (Å²) in [5, 5.41) is 1.88. The van der Waals surface area contributed by atoms with Crippen LogP contribution in [0, 0.1) is 5.92 Å². The molecular formula is C22H23ClN2O. The fourth-order valence-electron chi connectivity index (χ4n) is 4.04. The average Bonchev–Trinajstić information content (AvgIpc) is 3.00. The van der Waals surface area contributed by atoms with Crippen LogP contribution in [0.5, 0.6) is 0 Å². The maximum absolute atomic E-state index is 13.2. The first kappa shape index (κ1) is 17.2. The van der Waals surface area contributed by atoms with Crippen LogP contribution in [0.2, 0.25) is 5.02 Å². The fourth-order valence-corrected chi connectivity index (χ4v) is 4.23. The van der Waals surface area contributed by atoms with Gasteiger partial charge in [0.1, 0.15) is 0 Å². The van der Waals surface area contributed by atoms with Gasteiger partial charge in [0.05, 0.1) is 6.04 Å². The Kier molecular flexibility index (Phi) is 4.49. The van der Waals surface area contributed by atoms with E-state index < -0.39 is 0 Å². The zero-order valence-corrected chi connectivity index (χ0v) is 15.9. The summed E-state index contributed by atoms with van der Waals surface area (Å²) < 4.78 is 0. The molecule has 0 bridgehead atoms. The van der Waals surface area contributed by atoms with E-state index in [2.05, 4.69) is 43.1 Å². The Morgan fingerprint density at radius 2 is 2.04 bits per heavy atom. The van der Waals surface area contributed by atoms with Gasteiger partial charge >= 0.3 is 0 Å². The molecule has 1 aliphatic heterocycles. The molecule has 1 amide bonds. The first-order chi connectivity index (χ1) is 12.5. The van der Waals surface area contributed by atoms with E-state index in [9.17, 15) is 4.79 Å². The number of benzene rings is 2. The number of amides is 1. The van der Waals surface area contributed by atoms with Crippen molar-refractivity contribution < 1.29 is 4.79 Å². The van der Waals surface area contributed by atoms with Crippen molar-refractivity contribution in [3.8, 4) is 0 Å². The highest BCUT2D eigenvalue weighted by Gasteiger charge is 2.34. The van der Waals surface area contributed by atoms with Gasteiger partial charge in [0.25, 0.3) is 5.91 Å². The van der Waals surface area contributed by atoms with Gasteiger partial charge < -0.3 is 9.88 Å². The maximum Gasteiger partial charge on any atom is 0.254 e. The maximum atomic E-state index is 13.2. The number of aromatic nitrogens is 1. The van der Waals surface area contributed by atoms with E-state index in [-0.39, 0.29) is 11.9 Å². The molecule has 0 fully saturated rings. The Balaban J connectivity index is 1.77. The molecule has 4 rings (SSSR count). The molecule has 0 saturated heterocycles. The van der Waals surface area contributed by atoms with E-state index in [0.29, 0.717) is 16.5 Å². The number of aromatic amines is 1. The summed E-state index contributed by atoms with van der Waals surface area (Å²) in [5.41, 5.74) is 4.37. The number of carbonyl (C=O) groups is 1. The second-order valence-corrected chi connectivity index (χ2v) is 7.90. The van der Waals surface area contributed by atoms with Crippen molar-refractivity contribution in [3.63, 3.8) is 0 Å². The largest absolute Gasteiger partial charge is 0.356 e. The number of halogens is 1. The van der Waals surface area contributed by atoms with E-state index in [4.69, 9.17) is 11.6 Å². The predicted octanol–water partition coefficient (Wildman–Crippen LogP) is 5.61. The van der Waals surface area contributed by atoms with Crippen LogP contribution in [0.25, 0.3) is 10.9 Å². The first-order valence-corrected chi connectivity index (χ1v) is 9.58. The SMILES string of the molecule is CC(C)CC1c2[nH]c3ccccc3c2CCN1C(=O)c1cccc(Cl)c1. The van der Waals surface area contributed by atoms with Crippen LogP contribution in [0.15, 0.2) is 48.5 Å². The molecule has 1 aromatic heterocycles. The van der Waals surface area contributed by atoms with Gasteiger partial charge in [-0.1, -0.05) is 49.7 Å². The number of carbonyl (C=O) groups excluding carboxylic acids is 1. The van der Waals surface area contributed by atoms with Gasteiger partial charge in [-0.2, -0.15) is 0 Å².